The van der Waals surface area contributed by atoms with E-state index in [1.165, 1.54) is 0 Å². The monoisotopic (exact) mass is 318 g/mol. The van der Waals surface area contributed by atoms with Gasteiger partial charge in [-0.3, -0.25) is 0 Å². The first-order chi connectivity index (χ1) is 9.09. The van der Waals surface area contributed by atoms with Gasteiger partial charge in [-0.2, -0.15) is 5.10 Å². The maximum absolute atomic E-state index is 11.7. The Morgan fingerprint density at radius 2 is 1.95 bits per heavy atom. The molecular formula is C14H11BrN2O2. The highest BCUT2D eigenvalue weighted by molar-refractivity contribution is 9.10. The van der Waals surface area contributed by atoms with Crippen LogP contribution in [0.5, 0.6) is 0 Å². The van der Waals surface area contributed by atoms with Crippen LogP contribution in [0.3, 0.4) is 0 Å². The third-order valence-corrected chi connectivity index (χ3v) is 4.03. The molecule has 0 radical (unpaired) electrons. The fourth-order valence-corrected chi connectivity index (χ4v) is 2.44. The molecule has 2 aromatic heterocycles. The Bertz CT molecular complexity index is 819. The Labute approximate surface area is 117 Å². The summed E-state index contributed by atoms with van der Waals surface area (Å²) in [7, 11) is 1.77. The van der Waals surface area contributed by atoms with Crippen molar-refractivity contribution in [1.29, 1.82) is 0 Å². The van der Waals surface area contributed by atoms with Gasteiger partial charge in [-0.05, 0) is 28.4 Å². The quantitative estimate of drug-likeness (QED) is 0.692. The van der Waals surface area contributed by atoms with E-state index in [4.69, 9.17) is 4.42 Å². The van der Waals surface area contributed by atoms with Crippen molar-refractivity contribution >= 4 is 27.0 Å². The zero-order chi connectivity index (χ0) is 13.6. The van der Waals surface area contributed by atoms with Crippen molar-refractivity contribution < 1.29 is 4.42 Å². The third kappa shape index (κ3) is 1.81. The third-order valence-electron chi connectivity index (χ3n) is 3.11. The lowest BCUT2D eigenvalue weighted by Crippen LogP contribution is -2.03. The lowest BCUT2D eigenvalue weighted by atomic mass is 10.1. The van der Waals surface area contributed by atoms with Crippen LogP contribution in [0.15, 0.2) is 44.0 Å². The van der Waals surface area contributed by atoms with Gasteiger partial charge in [0.25, 0.3) is 0 Å². The van der Waals surface area contributed by atoms with Crippen molar-refractivity contribution in [2.45, 2.75) is 6.92 Å². The molecule has 0 amide bonds. The summed E-state index contributed by atoms with van der Waals surface area (Å²) in [6.45, 7) is 1.89. The van der Waals surface area contributed by atoms with Gasteiger partial charge in [0.05, 0.1) is 5.39 Å². The molecule has 5 heteroatoms. The number of nitrogens with zero attached hydrogens (tertiary/aromatic N) is 2. The van der Waals surface area contributed by atoms with Crippen molar-refractivity contribution in [3.63, 3.8) is 0 Å². The van der Waals surface area contributed by atoms with Crippen LogP contribution in [0.1, 0.15) is 5.56 Å². The molecule has 2 heterocycles. The fraction of sp³-hybridized carbons (Fsp3) is 0.143. The van der Waals surface area contributed by atoms with Gasteiger partial charge in [0.2, 0.25) is 5.71 Å². The van der Waals surface area contributed by atoms with Crippen molar-refractivity contribution in [3.05, 3.63) is 50.8 Å². The van der Waals surface area contributed by atoms with E-state index in [1.807, 2.05) is 37.3 Å². The summed E-state index contributed by atoms with van der Waals surface area (Å²) in [5.41, 5.74) is 2.77. The second kappa shape index (κ2) is 4.35. The Morgan fingerprint density at radius 3 is 2.63 bits per heavy atom. The van der Waals surface area contributed by atoms with Crippen LogP contribution >= 0.6 is 15.9 Å². The van der Waals surface area contributed by atoms with Crippen LogP contribution in [0.25, 0.3) is 22.4 Å². The first-order valence-electron chi connectivity index (χ1n) is 5.81. The molecule has 0 spiro atoms. The lowest BCUT2D eigenvalue weighted by molar-refractivity contribution is 0.519. The van der Waals surface area contributed by atoms with Gasteiger partial charge in [0.15, 0.2) is 0 Å². The summed E-state index contributed by atoms with van der Waals surface area (Å²) in [6, 6.07) is 9.84. The zero-order valence-corrected chi connectivity index (χ0v) is 12.1. The molecule has 0 saturated carbocycles. The molecule has 19 heavy (non-hydrogen) atoms. The molecule has 3 rings (SSSR count). The molecule has 0 aliphatic heterocycles. The molecule has 0 bridgehead atoms. The number of fused-ring (bicyclic) bond motifs is 1. The minimum Gasteiger partial charge on any atom is -0.403 e. The average molecular weight is 319 g/mol. The van der Waals surface area contributed by atoms with Gasteiger partial charge in [0, 0.05) is 12.6 Å². The van der Waals surface area contributed by atoms with E-state index in [9.17, 15) is 4.79 Å². The van der Waals surface area contributed by atoms with Crippen LogP contribution in [-0.4, -0.2) is 9.78 Å². The summed E-state index contributed by atoms with van der Waals surface area (Å²) >= 11 is 3.27. The summed E-state index contributed by atoms with van der Waals surface area (Å²) in [4.78, 5) is 11.7. The van der Waals surface area contributed by atoms with Crippen LogP contribution < -0.4 is 5.63 Å². The van der Waals surface area contributed by atoms with Gasteiger partial charge in [-0.1, -0.05) is 30.3 Å². The predicted molar refractivity (Wildman–Crippen MR) is 77.1 cm³/mol. The normalized spacial score (nSPS) is 11.1. The molecule has 0 fully saturated rings. The smallest absolute Gasteiger partial charge is 0.352 e. The van der Waals surface area contributed by atoms with Gasteiger partial charge in [-0.15, -0.1) is 0 Å². The number of benzene rings is 1. The van der Waals surface area contributed by atoms with E-state index in [1.54, 1.807) is 11.7 Å². The maximum Gasteiger partial charge on any atom is 0.352 e. The predicted octanol–water partition coefficient (Wildman–Crippen LogP) is 3.26. The van der Waals surface area contributed by atoms with Crippen molar-refractivity contribution in [2.75, 3.05) is 0 Å². The number of rotatable bonds is 1. The number of hydrogen-bond donors (Lipinski definition) is 0. The summed E-state index contributed by atoms with van der Waals surface area (Å²) in [5.74, 6) is 0. The number of aryl methyl sites for hydroxylation is 2. The molecule has 4 nitrogen and oxygen atoms in total. The first kappa shape index (κ1) is 12.2. The van der Waals surface area contributed by atoms with Gasteiger partial charge < -0.3 is 4.42 Å². The topological polar surface area (TPSA) is 48.0 Å². The molecule has 3 aromatic rings. The van der Waals surface area contributed by atoms with Crippen LogP contribution in [0.2, 0.25) is 0 Å². The van der Waals surface area contributed by atoms with E-state index in [-0.39, 0.29) is 5.63 Å². The van der Waals surface area contributed by atoms with E-state index < -0.39 is 0 Å². The Balaban J connectivity index is 2.46. The van der Waals surface area contributed by atoms with Crippen molar-refractivity contribution in [3.8, 4) is 11.3 Å². The van der Waals surface area contributed by atoms with E-state index in [0.717, 1.165) is 22.2 Å². The first-order valence-corrected chi connectivity index (χ1v) is 6.60. The van der Waals surface area contributed by atoms with E-state index in [2.05, 4.69) is 21.0 Å². The highest BCUT2D eigenvalue weighted by atomic mass is 79.9. The van der Waals surface area contributed by atoms with Crippen LogP contribution in [-0.2, 0) is 7.05 Å². The van der Waals surface area contributed by atoms with Crippen LogP contribution in [0, 0.1) is 6.92 Å². The highest BCUT2D eigenvalue weighted by Crippen LogP contribution is 2.31. The lowest BCUT2D eigenvalue weighted by Gasteiger charge is -2.01. The largest absolute Gasteiger partial charge is 0.403 e. The molecule has 96 valence electrons. The molecule has 0 unspecified atom stereocenters. The van der Waals surface area contributed by atoms with E-state index in [0.29, 0.717) is 10.2 Å². The Kier molecular flexibility index (Phi) is 2.78. The van der Waals surface area contributed by atoms with Crippen molar-refractivity contribution in [2.24, 2.45) is 7.05 Å². The second-order valence-corrected chi connectivity index (χ2v) is 5.14. The minimum absolute atomic E-state index is 0.382. The van der Waals surface area contributed by atoms with E-state index >= 15 is 0 Å². The molecule has 0 aliphatic carbocycles. The standard InChI is InChI=1S/C14H11BrN2O2/c1-8-10-12(9-6-4-3-5-7-9)16-17(2)13(10)19-14(18)11(8)15/h3-7H,1-2H3. The summed E-state index contributed by atoms with van der Waals surface area (Å²) < 4.78 is 7.35. The molecule has 0 saturated heterocycles. The van der Waals surface area contributed by atoms with Crippen LogP contribution in [0.4, 0.5) is 0 Å². The van der Waals surface area contributed by atoms with Crippen molar-refractivity contribution in [1.82, 2.24) is 9.78 Å². The molecular weight excluding hydrogens is 308 g/mol. The molecule has 1 aromatic carbocycles. The highest BCUT2D eigenvalue weighted by Gasteiger charge is 2.18. The summed E-state index contributed by atoms with van der Waals surface area (Å²) in [6.07, 6.45) is 0. The Morgan fingerprint density at radius 1 is 1.26 bits per heavy atom. The molecule has 0 atom stereocenters. The second-order valence-electron chi connectivity index (χ2n) is 4.35. The Hall–Kier alpha value is -1.88. The zero-order valence-electron chi connectivity index (χ0n) is 10.5. The SMILES string of the molecule is Cc1c(Br)c(=O)oc2c1c(-c1ccccc1)nn2C. The van der Waals surface area contributed by atoms with Gasteiger partial charge in [0.1, 0.15) is 10.2 Å². The fourth-order valence-electron chi connectivity index (χ4n) is 2.16. The minimum atomic E-state index is -0.382. The molecule has 0 aliphatic rings. The van der Waals surface area contributed by atoms with Gasteiger partial charge in [-0.25, -0.2) is 9.48 Å². The summed E-state index contributed by atoms with van der Waals surface area (Å²) in [5, 5.41) is 5.33. The number of hydrogen-bond acceptors (Lipinski definition) is 3. The van der Waals surface area contributed by atoms with Gasteiger partial charge >= 0.3 is 5.63 Å². The molecule has 0 N–H and O–H groups in total. The maximum atomic E-state index is 11.7. The average Bonchev–Trinajstić information content (AvgIpc) is 2.75. The number of aromatic nitrogens is 2. The number of halogens is 1.